The Morgan fingerprint density at radius 3 is 2.68 bits per heavy atom. The minimum Gasteiger partial charge on any atom is -0.459 e. The highest BCUT2D eigenvalue weighted by Crippen LogP contribution is 2.38. The molecule has 1 aliphatic carbocycles. The smallest absolute Gasteiger partial charge is 0.326 e. The first-order chi connectivity index (χ1) is 11.7. The summed E-state index contributed by atoms with van der Waals surface area (Å²) in [4.78, 5) is 38.7. The number of aryl methyl sites for hydroxylation is 1. The Labute approximate surface area is 147 Å². The van der Waals surface area contributed by atoms with E-state index in [-0.39, 0.29) is 12.5 Å². The number of amides is 3. The molecular weight excluding hydrogens is 320 g/mol. The van der Waals surface area contributed by atoms with E-state index < -0.39 is 23.1 Å². The van der Waals surface area contributed by atoms with Gasteiger partial charge in [0.1, 0.15) is 17.7 Å². The molecule has 1 atom stereocenters. The van der Waals surface area contributed by atoms with Gasteiger partial charge in [-0.3, -0.25) is 14.5 Å². The summed E-state index contributed by atoms with van der Waals surface area (Å²) in [5.74, 6) is -0.951. The molecule has 0 bridgehead atoms. The molecule has 2 aliphatic rings. The molecule has 3 rings (SSSR count). The first-order valence-electron chi connectivity index (χ1n) is 8.67. The zero-order valence-corrected chi connectivity index (χ0v) is 14.9. The molecule has 1 unspecified atom stereocenters. The largest absolute Gasteiger partial charge is 0.459 e. The molecule has 6 heteroatoms. The monoisotopic (exact) mass is 344 g/mol. The van der Waals surface area contributed by atoms with Gasteiger partial charge in [0.15, 0.2) is 0 Å². The molecule has 1 heterocycles. The quantitative estimate of drug-likeness (QED) is 0.661. The fourth-order valence-electron chi connectivity index (χ4n) is 3.62. The molecule has 1 spiro atoms. The zero-order valence-electron chi connectivity index (χ0n) is 14.9. The third kappa shape index (κ3) is 3.25. The second kappa shape index (κ2) is 6.17. The van der Waals surface area contributed by atoms with E-state index in [1.807, 2.05) is 24.3 Å². The maximum Gasteiger partial charge on any atom is 0.326 e. The van der Waals surface area contributed by atoms with Crippen LogP contribution in [0.1, 0.15) is 51.2 Å². The number of urea groups is 1. The summed E-state index contributed by atoms with van der Waals surface area (Å²) in [5, 5.41) is 2.86. The van der Waals surface area contributed by atoms with E-state index in [0.717, 1.165) is 35.3 Å². The van der Waals surface area contributed by atoms with E-state index in [0.29, 0.717) is 6.42 Å². The Morgan fingerprint density at radius 2 is 1.96 bits per heavy atom. The third-order valence-electron chi connectivity index (χ3n) is 4.61. The third-order valence-corrected chi connectivity index (χ3v) is 4.61. The average molecular weight is 344 g/mol. The lowest BCUT2D eigenvalue weighted by Crippen LogP contribution is -2.44. The van der Waals surface area contributed by atoms with Crippen molar-refractivity contribution in [2.75, 3.05) is 6.54 Å². The van der Waals surface area contributed by atoms with E-state index in [4.69, 9.17) is 4.74 Å². The number of carbonyl (C=O) groups is 3. The predicted molar refractivity (Wildman–Crippen MR) is 91.8 cm³/mol. The number of rotatable bonds is 2. The van der Waals surface area contributed by atoms with Crippen molar-refractivity contribution in [1.29, 1.82) is 0 Å². The summed E-state index contributed by atoms with van der Waals surface area (Å²) < 4.78 is 5.25. The summed E-state index contributed by atoms with van der Waals surface area (Å²) in [6.07, 6.45) is 3.22. The van der Waals surface area contributed by atoms with Gasteiger partial charge in [-0.15, -0.1) is 0 Å². The number of esters is 1. The average Bonchev–Trinajstić information content (AvgIpc) is 2.68. The number of ether oxygens (including phenoxy) is 1. The van der Waals surface area contributed by atoms with Crippen LogP contribution in [-0.2, 0) is 26.3 Å². The molecule has 3 amide bonds. The number of hydrogen-bond donors (Lipinski definition) is 1. The van der Waals surface area contributed by atoms with Gasteiger partial charge in [-0.05, 0) is 57.6 Å². The minimum atomic E-state index is -1.06. The standard InChI is InChI=1S/C19H24N2O4/c1-18(2,3)25-15(22)12-21-16(23)19(20-17(21)24)11-7-6-9-13-8-4-5-10-14(13)19/h4-5,8,10H,6-7,9,11-12H2,1-3H3,(H,20,24). The van der Waals surface area contributed by atoms with E-state index >= 15 is 0 Å². The highest BCUT2D eigenvalue weighted by Gasteiger charge is 2.53. The number of imide groups is 1. The van der Waals surface area contributed by atoms with Crippen molar-refractivity contribution in [1.82, 2.24) is 10.2 Å². The first-order valence-corrected chi connectivity index (χ1v) is 8.67. The molecule has 0 aromatic heterocycles. The molecule has 134 valence electrons. The van der Waals surface area contributed by atoms with Crippen LogP contribution in [0.4, 0.5) is 4.79 Å². The van der Waals surface area contributed by atoms with E-state index in [1.54, 1.807) is 20.8 Å². The Hall–Kier alpha value is -2.37. The van der Waals surface area contributed by atoms with Crippen molar-refractivity contribution < 1.29 is 19.1 Å². The molecule has 1 aromatic carbocycles. The molecule has 1 aliphatic heterocycles. The number of fused-ring (bicyclic) bond motifs is 2. The van der Waals surface area contributed by atoms with E-state index in [2.05, 4.69) is 5.32 Å². The van der Waals surface area contributed by atoms with Crippen LogP contribution in [0, 0.1) is 0 Å². The van der Waals surface area contributed by atoms with Crippen LogP contribution in [0.5, 0.6) is 0 Å². The fourth-order valence-corrected chi connectivity index (χ4v) is 3.62. The number of carbonyl (C=O) groups excluding carboxylic acids is 3. The van der Waals surface area contributed by atoms with Gasteiger partial charge in [-0.2, -0.15) is 0 Å². The Bertz CT molecular complexity index is 722. The summed E-state index contributed by atoms with van der Waals surface area (Å²) in [6.45, 7) is 4.88. The molecular formula is C19H24N2O4. The minimum absolute atomic E-state index is 0.363. The highest BCUT2D eigenvalue weighted by molar-refractivity contribution is 6.09. The maximum absolute atomic E-state index is 13.1. The molecule has 1 aromatic rings. The van der Waals surface area contributed by atoms with Crippen molar-refractivity contribution >= 4 is 17.9 Å². The number of hydrogen-bond acceptors (Lipinski definition) is 4. The van der Waals surface area contributed by atoms with Gasteiger partial charge < -0.3 is 10.1 Å². The SMILES string of the molecule is CC(C)(C)OC(=O)CN1C(=O)NC2(CCCCc3ccccc32)C1=O. The lowest BCUT2D eigenvalue weighted by atomic mass is 9.84. The van der Waals surface area contributed by atoms with Crippen molar-refractivity contribution in [2.45, 2.75) is 57.6 Å². The first kappa shape index (κ1) is 17.5. The van der Waals surface area contributed by atoms with Gasteiger partial charge in [0, 0.05) is 0 Å². The normalized spacial score (nSPS) is 23.2. The van der Waals surface area contributed by atoms with Gasteiger partial charge >= 0.3 is 12.0 Å². The summed E-state index contributed by atoms with van der Waals surface area (Å²) in [5.41, 5.74) is 0.195. The van der Waals surface area contributed by atoms with Gasteiger partial charge in [-0.1, -0.05) is 24.3 Å². The Morgan fingerprint density at radius 1 is 1.24 bits per heavy atom. The number of nitrogens with one attached hydrogen (secondary N) is 1. The van der Waals surface area contributed by atoms with Gasteiger partial charge in [0.25, 0.3) is 5.91 Å². The van der Waals surface area contributed by atoms with Crippen molar-refractivity contribution in [3.63, 3.8) is 0 Å². The molecule has 25 heavy (non-hydrogen) atoms. The molecule has 1 fully saturated rings. The second-order valence-corrected chi connectivity index (χ2v) is 7.68. The lowest BCUT2D eigenvalue weighted by molar-refractivity contribution is -0.157. The molecule has 6 nitrogen and oxygen atoms in total. The van der Waals surface area contributed by atoms with Crippen molar-refractivity contribution in [3.05, 3.63) is 35.4 Å². The van der Waals surface area contributed by atoms with Gasteiger partial charge in [0.2, 0.25) is 0 Å². The van der Waals surface area contributed by atoms with Crippen LogP contribution in [0.3, 0.4) is 0 Å². The summed E-state index contributed by atoms with van der Waals surface area (Å²) in [7, 11) is 0. The van der Waals surface area contributed by atoms with Crippen molar-refractivity contribution in [2.24, 2.45) is 0 Å². The van der Waals surface area contributed by atoms with Crippen LogP contribution in [0.15, 0.2) is 24.3 Å². The van der Waals surface area contributed by atoms with Crippen LogP contribution in [-0.4, -0.2) is 35.0 Å². The maximum atomic E-state index is 13.1. The van der Waals surface area contributed by atoms with Gasteiger partial charge in [0.05, 0.1) is 0 Å². The topological polar surface area (TPSA) is 75.7 Å². The molecule has 0 radical (unpaired) electrons. The van der Waals surface area contributed by atoms with Gasteiger partial charge in [-0.25, -0.2) is 4.79 Å². The fraction of sp³-hybridized carbons (Fsp3) is 0.526. The number of benzene rings is 1. The molecule has 1 saturated heterocycles. The molecule has 0 saturated carbocycles. The van der Waals surface area contributed by atoms with Crippen LogP contribution in [0.25, 0.3) is 0 Å². The lowest BCUT2D eigenvalue weighted by Gasteiger charge is -2.27. The van der Waals surface area contributed by atoms with E-state index in [9.17, 15) is 14.4 Å². The van der Waals surface area contributed by atoms with Crippen LogP contribution in [0.2, 0.25) is 0 Å². The highest BCUT2D eigenvalue weighted by atomic mass is 16.6. The number of nitrogens with zero attached hydrogens (tertiary/aromatic N) is 1. The van der Waals surface area contributed by atoms with E-state index in [1.165, 1.54) is 0 Å². The second-order valence-electron chi connectivity index (χ2n) is 7.68. The Balaban J connectivity index is 1.90. The van der Waals surface area contributed by atoms with Crippen molar-refractivity contribution in [3.8, 4) is 0 Å². The van der Waals surface area contributed by atoms with Crippen LogP contribution < -0.4 is 5.32 Å². The summed E-state index contributed by atoms with van der Waals surface area (Å²) in [6, 6.07) is 7.18. The summed E-state index contributed by atoms with van der Waals surface area (Å²) >= 11 is 0. The zero-order chi connectivity index (χ0) is 18.2. The van der Waals surface area contributed by atoms with Crippen LogP contribution >= 0.6 is 0 Å². The predicted octanol–water partition coefficient (Wildman–Crippen LogP) is 2.50. The molecule has 1 N–H and O–H groups in total. The Kier molecular flexibility index (Phi) is 4.31.